The Morgan fingerprint density at radius 1 is 1.22 bits per heavy atom. The fourth-order valence-corrected chi connectivity index (χ4v) is 2.47. The molecule has 0 spiro atoms. The van der Waals surface area contributed by atoms with Crippen molar-refractivity contribution in [1.29, 1.82) is 0 Å². The van der Waals surface area contributed by atoms with Crippen LogP contribution in [-0.4, -0.2) is 27.2 Å². The van der Waals surface area contributed by atoms with Crippen molar-refractivity contribution in [3.63, 3.8) is 0 Å². The number of carbonyl (C=O) groups excluding carboxylic acids is 1. The van der Waals surface area contributed by atoms with Gasteiger partial charge in [-0.25, -0.2) is 9.50 Å². The van der Waals surface area contributed by atoms with Gasteiger partial charge in [0.2, 0.25) is 0 Å². The minimum Gasteiger partial charge on any atom is -0.465 e. The van der Waals surface area contributed by atoms with E-state index in [4.69, 9.17) is 4.74 Å². The Hall–Kier alpha value is -2.69. The van der Waals surface area contributed by atoms with E-state index in [0.717, 1.165) is 34.7 Å². The van der Waals surface area contributed by atoms with Crippen LogP contribution < -0.4 is 0 Å². The third-order valence-corrected chi connectivity index (χ3v) is 3.49. The summed E-state index contributed by atoms with van der Waals surface area (Å²) < 4.78 is 6.90. The van der Waals surface area contributed by atoms with Gasteiger partial charge in [0.25, 0.3) is 0 Å². The molecule has 3 aromatic rings. The number of ether oxygens (including phenoxy) is 1. The Kier molecular flexibility index (Phi) is 4.37. The predicted molar refractivity (Wildman–Crippen MR) is 88.1 cm³/mol. The van der Waals surface area contributed by atoms with Crippen LogP contribution in [0.2, 0.25) is 0 Å². The lowest BCUT2D eigenvalue weighted by atomic mass is 10.2. The molecule has 5 heteroatoms. The molecule has 0 amide bonds. The lowest BCUT2D eigenvalue weighted by Gasteiger charge is -2.06. The van der Waals surface area contributed by atoms with Crippen LogP contribution in [0.5, 0.6) is 0 Å². The van der Waals surface area contributed by atoms with Gasteiger partial charge < -0.3 is 4.74 Å². The molecule has 2 aromatic heterocycles. The summed E-state index contributed by atoms with van der Waals surface area (Å²) in [6.07, 6.45) is 1.01. The van der Waals surface area contributed by atoms with Crippen LogP contribution in [0.25, 0.3) is 16.9 Å². The van der Waals surface area contributed by atoms with Crippen LogP contribution in [0.4, 0.5) is 0 Å². The highest BCUT2D eigenvalue weighted by molar-refractivity contribution is 5.72. The molecule has 2 heterocycles. The number of esters is 1. The topological polar surface area (TPSA) is 56.5 Å². The van der Waals surface area contributed by atoms with Crippen LogP contribution in [0.15, 0.2) is 42.5 Å². The van der Waals surface area contributed by atoms with Crippen LogP contribution in [0.1, 0.15) is 24.7 Å². The highest BCUT2D eigenvalue weighted by Gasteiger charge is 2.13. The van der Waals surface area contributed by atoms with Crippen molar-refractivity contribution in [2.75, 3.05) is 6.61 Å². The lowest BCUT2D eigenvalue weighted by Crippen LogP contribution is -2.12. The number of carbonyl (C=O) groups is 1. The Bertz CT molecular complexity index is 825. The molecule has 0 radical (unpaired) electrons. The van der Waals surface area contributed by atoms with Gasteiger partial charge in [0, 0.05) is 17.3 Å². The summed E-state index contributed by atoms with van der Waals surface area (Å²) in [5, 5.41) is 4.60. The van der Waals surface area contributed by atoms with Gasteiger partial charge in [0.1, 0.15) is 0 Å². The maximum Gasteiger partial charge on any atom is 0.311 e. The number of rotatable bonds is 5. The molecule has 0 aliphatic carbocycles. The largest absolute Gasteiger partial charge is 0.465 e. The SMILES string of the molecule is CCCOC(=O)Cc1cc(C)nc2cc(-c3ccccc3)nn12. The van der Waals surface area contributed by atoms with Crippen molar-refractivity contribution in [2.45, 2.75) is 26.7 Å². The number of benzene rings is 1. The molecule has 23 heavy (non-hydrogen) atoms. The zero-order chi connectivity index (χ0) is 16.2. The highest BCUT2D eigenvalue weighted by atomic mass is 16.5. The third kappa shape index (κ3) is 3.39. The number of fused-ring (bicyclic) bond motifs is 1. The maximum absolute atomic E-state index is 11.9. The van der Waals surface area contributed by atoms with Crippen molar-refractivity contribution in [1.82, 2.24) is 14.6 Å². The predicted octanol–water partition coefficient (Wildman–Crippen LogP) is 3.20. The monoisotopic (exact) mass is 309 g/mol. The van der Waals surface area contributed by atoms with E-state index in [1.807, 2.05) is 56.3 Å². The van der Waals surface area contributed by atoms with Gasteiger partial charge in [-0.3, -0.25) is 4.79 Å². The summed E-state index contributed by atoms with van der Waals surface area (Å²) in [4.78, 5) is 16.4. The van der Waals surface area contributed by atoms with Gasteiger partial charge >= 0.3 is 5.97 Å². The second-order valence-corrected chi connectivity index (χ2v) is 5.45. The number of nitrogens with zero attached hydrogens (tertiary/aromatic N) is 3. The highest BCUT2D eigenvalue weighted by Crippen LogP contribution is 2.20. The molecule has 0 atom stereocenters. The van der Waals surface area contributed by atoms with E-state index in [-0.39, 0.29) is 12.4 Å². The fraction of sp³-hybridized carbons (Fsp3) is 0.278. The number of aryl methyl sites for hydroxylation is 1. The van der Waals surface area contributed by atoms with Crippen molar-refractivity contribution in [3.05, 3.63) is 53.9 Å². The number of hydrogen-bond acceptors (Lipinski definition) is 4. The molecule has 1 aromatic carbocycles. The van der Waals surface area contributed by atoms with Crippen molar-refractivity contribution in [2.24, 2.45) is 0 Å². The van der Waals surface area contributed by atoms with Gasteiger partial charge in [-0.15, -0.1) is 0 Å². The molecule has 0 aliphatic rings. The molecular formula is C18H19N3O2. The number of aromatic nitrogens is 3. The molecular weight excluding hydrogens is 290 g/mol. The van der Waals surface area contributed by atoms with Crippen LogP contribution in [-0.2, 0) is 16.0 Å². The van der Waals surface area contributed by atoms with E-state index in [2.05, 4.69) is 10.1 Å². The van der Waals surface area contributed by atoms with E-state index < -0.39 is 0 Å². The van der Waals surface area contributed by atoms with Crippen molar-refractivity contribution >= 4 is 11.6 Å². The van der Waals surface area contributed by atoms with Crippen molar-refractivity contribution in [3.8, 4) is 11.3 Å². The minimum atomic E-state index is -0.240. The first kappa shape index (κ1) is 15.2. The van der Waals surface area contributed by atoms with E-state index in [1.165, 1.54) is 0 Å². The first-order valence-corrected chi connectivity index (χ1v) is 7.74. The van der Waals surface area contributed by atoms with E-state index in [9.17, 15) is 4.79 Å². The summed E-state index contributed by atoms with van der Waals surface area (Å²) in [6, 6.07) is 13.7. The van der Waals surface area contributed by atoms with Gasteiger partial charge in [-0.1, -0.05) is 37.3 Å². The Balaban J connectivity index is 1.98. The van der Waals surface area contributed by atoms with Crippen LogP contribution >= 0.6 is 0 Å². The Morgan fingerprint density at radius 3 is 2.74 bits per heavy atom. The quantitative estimate of drug-likeness (QED) is 0.679. The van der Waals surface area contributed by atoms with E-state index in [0.29, 0.717) is 6.61 Å². The third-order valence-electron chi connectivity index (χ3n) is 3.49. The maximum atomic E-state index is 11.9. The summed E-state index contributed by atoms with van der Waals surface area (Å²) in [7, 11) is 0. The lowest BCUT2D eigenvalue weighted by molar-refractivity contribution is -0.142. The van der Waals surface area contributed by atoms with Crippen LogP contribution in [0, 0.1) is 6.92 Å². The molecule has 118 valence electrons. The molecule has 0 aliphatic heterocycles. The Labute approximate surface area is 134 Å². The normalized spacial score (nSPS) is 10.9. The minimum absolute atomic E-state index is 0.190. The molecule has 0 fully saturated rings. The van der Waals surface area contributed by atoms with Gasteiger partial charge in [-0.2, -0.15) is 5.10 Å². The van der Waals surface area contributed by atoms with Crippen molar-refractivity contribution < 1.29 is 9.53 Å². The molecule has 0 saturated carbocycles. The molecule has 5 nitrogen and oxygen atoms in total. The van der Waals surface area contributed by atoms with Crippen LogP contribution in [0.3, 0.4) is 0 Å². The van der Waals surface area contributed by atoms with Gasteiger partial charge in [-0.05, 0) is 19.4 Å². The summed E-state index contributed by atoms with van der Waals surface area (Å²) >= 11 is 0. The standard InChI is InChI=1S/C18H19N3O2/c1-3-9-23-18(22)11-15-10-13(2)19-17-12-16(20-21(15)17)14-7-5-4-6-8-14/h4-8,10,12H,3,9,11H2,1-2H3. The van der Waals surface area contributed by atoms with Gasteiger partial charge in [0.15, 0.2) is 5.65 Å². The van der Waals surface area contributed by atoms with Gasteiger partial charge in [0.05, 0.1) is 24.4 Å². The van der Waals surface area contributed by atoms with E-state index >= 15 is 0 Å². The first-order chi connectivity index (χ1) is 11.2. The summed E-state index contributed by atoms with van der Waals surface area (Å²) in [5.74, 6) is -0.240. The smallest absolute Gasteiger partial charge is 0.311 e. The molecule has 3 rings (SSSR count). The molecule has 0 N–H and O–H groups in total. The molecule has 0 bridgehead atoms. The Morgan fingerprint density at radius 2 is 2.00 bits per heavy atom. The zero-order valence-corrected chi connectivity index (χ0v) is 13.3. The summed E-state index contributed by atoms with van der Waals surface area (Å²) in [6.45, 7) is 4.33. The average Bonchev–Trinajstić information content (AvgIpc) is 2.98. The second-order valence-electron chi connectivity index (χ2n) is 5.45. The molecule has 0 unspecified atom stereocenters. The first-order valence-electron chi connectivity index (χ1n) is 7.74. The average molecular weight is 309 g/mol. The second kappa shape index (κ2) is 6.60. The molecule has 0 saturated heterocycles. The zero-order valence-electron chi connectivity index (χ0n) is 13.3. The summed E-state index contributed by atoms with van der Waals surface area (Å²) in [5.41, 5.74) is 4.25. The number of hydrogen-bond donors (Lipinski definition) is 0. The fourth-order valence-electron chi connectivity index (χ4n) is 2.47. The van der Waals surface area contributed by atoms with E-state index in [1.54, 1.807) is 4.52 Å².